The van der Waals surface area contributed by atoms with Gasteiger partial charge >= 0.3 is 0 Å². The summed E-state index contributed by atoms with van der Waals surface area (Å²) in [6.45, 7) is 2.65. The molecule has 0 bridgehead atoms. The van der Waals surface area contributed by atoms with Crippen molar-refractivity contribution in [2.45, 2.75) is 18.6 Å². The van der Waals surface area contributed by atoms with Crippen molar-refractivity contribution in [1.82, 2.24) is 20.5 Å². The Morgan fingerprint density at radius 1 is 1.09 bits per heavy atom. The lowest BCUT2D eigenvalue weighted by molar-refractivity contribution is -0.142. The van der Waals surface area contributed by atoms with Gasteiger partial charge in [0.2, 0.25) is 11.8 Å². The molecule has 2 aliphatic rings. The van der Waals surface area contributed by atoms with Crippen LogP contribution in [0.15, 0.2) is 54.9 Å². The molecule has 0 spiro atoms. The molecule has 0 radical (unpaired) electrons. The van der Waals surface area contributed by atoms with Gasteiger partial charge in [0, 0.05) is 50.8 Å². The van der Waals surface area contributed by atoms with Gasteiger partial charge in [-0.3, -0.25) is 14.6 Å². The average Bonchev–Trinajstić information content (AvgIpc) is 2.85. The number of hydrogen-bond acceptors (Lipinski definition) is 7. The highest BCUT2D eigenvalue weighted by Crippen LogP contribution is 2.24. The third kappa shape index (κ3) is 5.17. The Hall–Kier alpha value is -3.17. The number of rotatable bonds is 6. The van der Waals surface area contributed by atoms with Gasteiger partial charge in [0.05, 0.1) is 12.0 Å². The van der Waals surface area contributed by atoms with Gasteiger partial charge in [0.25, 0.3) is 0 Å². The first-order valence-corrected chi connectivity index (χ1v) is 10.9. The molecule has 32 heavy (non-hydrogen) atoms. The van der Waals surface area contributed by atoms with Crippen LogP contribution >= 0.6 is 0 Å². The minimum atomic E-state index is -0.651. The second-order valence-electron chi connectivity index (χ2n) is 8.00. The summed E-state index contributed by atoms with van der Waals surface area (Å²) in [7, 11) is 0. The summed E-state index contributed by atoms with van der Waals surface area (Å²) in [6, 6.07) is 13.0. The fourth-order valence-electron chi connectivity index (χ4n) is 4.35. The van der Waals surface area contributed by atoms with Gasteiger partial charge in [-0.15, -0.1) is 0 Å². The van der Waals surface area contributed by atoms with E-state index in [2.05, 4.69) is 32.7 Å². The molecule has 3 atom stereocenters. The lowest BCUT2D eigenvalue weighted by Crippen LogP contribution is -2.62. The maximum atomic E-state index is 13.3. The number of piperidine rings is 1. The smallest absolute Gasteiger partial charge is 0.240 e. The molecule has 1 aromatic heterocycles. The number of nitrogens with zero attached hydrogens (tertiary/aromatic N) is 3. The summed E-state index contributed by atoms with van der Waals surface area (Å²) >= 11 is 0. The number of amides is 2. The molecule has 4 rings (SSSR count). The highest BCUT2D eigenvalue weighted by molar-refractivity contribution is 5.90. The zero-order chi connectivity index (χ0) is 22.3. The van der Waals surface area contributed by atoms with E-state index in [1.807, 2.05) is 23.1 Å². The molecule has 2 aliphatic heterocycles. The highest BCUT2D eigenvalue weighted by atomic mass is 16.5. The molecule has 0 unspecified atom stereocenters. The number of nitrogens with one attached hydrogen (secondary N) is 2. The van der Waals surface area contributed by atoms with Crippen molar-refractivity contribution in [1.29, 1.82) is 0 Å². The Bertz CT molecular complexity index is 890. The number of pyridine rings is 1. The third-order valence-corrected chi connectivity index (χ3v) is 6.01. The van der Waals surface area contributed by atoms with Crippen LogP contribution in [-0.4, -0.2) is 78.4 Å². The van der Waals surface area contributed by atoms with Crippen LogP contribution in [0.25, 0.3) is 0 Å². The van der Waals surface area contributed by atoms with Crippen LogP contribution in [0, 0.1) is 5.92 Å². The van der Waals surface area contributed by atoms with Crippen molar-refractivity contribution >= 4 is 17.5 Å². The summed E-state index contributed by atoms with van der Waals surface area (Å²) < 4.78 is 5.97. The highest BCUT2D eigenvalue weighted by Gasteiger charge is 2.42. The minimum Gasteiger partial charge on any atom is -0.489 e. The number of benzene rings is 1. The molecule has 0 saturated carbocycles. The topological polar surface area (TPSA) is 107 Å². The molecule has 3 heterocycles. The molecule has 2 fully saturated rings. The third-order valence-electron chi connectivity index (χ3n) is 6.01. The number of anilines is 1. The van der Waals surface area contributed by atoms with Gasteiger partial charge in [-0.05, 0) is 30.7 Å². The molecule has 2 saturated heterocycles. The van der Waals surface area contributed by atoms with E-state index in [4.69, 9.17) is 4.74 Å². The van der Waals surface area contributed by atoms with Crippen molar-refractivity contribution in [3.8, 4) is 5.75 Å². The number of aromatic nitrogens is 1. The van der Waals surface area contributed by atoms with E-state index in [9.17, 15) is 14.7 Å². The normalized spacial score (nSPS) is 23.5. The largest absolute Gasteiger partial charge is 0.489 e. The van der Waals surface area contributed by atoms with Crippen molar-refractivity contribution in [2.75, 3.05) is 44.4 Å². The Kier molecular flexibility index (Phi) is 7.18. The van der Waals surface area contributed by atoms with E-state index >= 15 is 0 Å². The SMILES string of the molecule is O=C(NCO)[C@H]1C[C@H](Oc2ccncc2)CN[C@@H]1C(=O)N1CCN(c2ccccc2)CC1. The first kappa shape index (κ1) is 22.0. The predicted molar refractivity (Wildman–Crippen MR) is 119 cm³/mol. The summed E-state index contributed by atoms with van der Waals surface area (Å²) in [4.78, 5) is 34.1. The average molecular weight is 440 g/mol. The number of para-hydroxylation sites is 1. The molecular weight excluding hydrogens is 410 g/mol. The fourth-order valence-corrected chi connectivity index (χ4v) is 4.35. The van der Waals surface area contributed by atoms with Crippen LogP contribution in [0.1, 0.15) is 6.42 Å². The molecule has 2 aromatic rings. The summed E-state index contributed by atoms with van der Waals surface area (Å²) in [5, 5.41) is 14.9. The number of carbonyl (C=O) groups is 2. The van der Waals surface area contributed by atoms with Gasteiger partial charge < -0.3 is 30.3 Å². The van der Waals surface area contributed by atoms with E-state index in [0.29, 0.717) is 31.8 Å². The quantitative estimate of drug-likeness (QED) is 0.553. The summed E-state index contributed by atoms with van der Waals surface area (Å²) in [5.74, 6) is -0.417. The lowest BCUT2D eigenvalue weighted by Gasteiger charge is -2.41. The second kappa shape index (κ2) is 10.4. The van der Waals surface area contributed by atoms with E-state index in [1.54, 1.807) is 24.5 Å². The van der Waals surface area contributed by atoms with Crippen LogP contribution in [-0.2, 0) is 9.59 Å². The lowest BCUT2D eigenvalue weighted by atomic mass is 9.87. The number of aliphatic hydroxyl groups is 1. The van der Waals surface area contributed by atoms with E-state index in [-0.39, 0.29) is 17.9 Å². The Morgan fingerprint density at radius 3 is 2.50 bits per heavy atom. The predicted octanol–water partition coefficient (Wildman–Crippen LogP) is 0.222. The van der Waals surface area contributed by atoms with Crippen molar-refractivity contribution in [2.24, 2.45) is 5.92 Å². The molecule has 9 nitrogen and oxygen atoms in total. The van der Waals surface area contributed by atoms with E-state index in [1.165, 1.54) is 0 Å². The first-order chi connectivity index (χ1) is 15.7. The molecule has 0 aliphatic carbocycles. The van der Waals surface area contributed by atoms with Crippen molar-refractivity contribution in [3.05, 3.63) is 54.9 Å². The van der Waals surface area contributed by atoms with Gasteiger partial charge in [-0.1, -0.05) is 18.2 Å². The molecule has 170 valence electrons. The molecular formula is C23H29N5O4. The number of carbonyl (C=O) groups excluding carboxylic acids is 2. The molecule has 9 heteroatoms. The van der Waals surface area contributed by atoms with Crippen LogP contribution in [0.3, 0.4) is 0 Å². The fraction of sp³-hybridized carbons (Fsp3) is 0.435. The Morgan fingerprint density at radius 2 is 1.81 bits per heavy atom. The van der Waals surface area contributed by atoms with Crippen LogP contribution in [0.4, 0.5) is 5.69 Å². The Labute approximate surface area is 187 Å². The van der Waals surface area contributed by atoms with Crippen LogP contribution in [0.5, 0.6) is 5.75 Å². The number of hydrogen-bond donors (Lipinski definition) is 3. The summed E-state index contributed by atoms with van der Waals surface area (Å²) in [6.07, 6.45) is 3.39. The van der Waals surface area contributed by atoms with E-state index in [0.717, 1.165) is 18.8 Å². The number of aliphatic hydroxyl groups excluding tert-OH is 1. The van der Waals surface area contributed by atoms with Crippen molar-refractivity contribution in [3.63, 3.8) is 0 Å². The molecule has 2 amide bonds. The Balaban J connectivity index is 1.39. The monoisotopic (exact) mass is 439 g/mol. The maximum Gasteiger partial charge on any atom is 0.240 e. The number of ether oxygens (including phenoxy) is 1. The molecule has 3 N–H and O–H groups in total. The minimum absolute atomic E-state index is 0.0850. The van der Waals surface area contributed by atoms with Gasteiger partial charge in [-0.2, -0.15) is 0 Å². The van der Waals surface area contributed by atoms with Gasteiger partial charge in [0.1, 0.15) is 18.6 Å². The standard InChI is InChI=1S/C23H29N5O4/c29-16-26-22(30)20-14-19(32-18-6-8-24-9-7-18)15-25-21(20)23(31)28-12-10-27(11-13-28)17-4-2-1-3-5-17/h1-9,19-21,25,29H,10-16H2,(H,26,30)/t19-,20-,21-/m0/s1. The van der Waals surface area contributed by atoms with Crippen LogP contribution < -0.4 is 20.3 Å². The maximum absolute atomic E-state index is 13.3. The van der Waals surface area contributed by atoms with E-state index < -0.39 is 18.7 Å². The zero-order valence-electron chi connectivity index (χ0n) is 17.9. The molecule has 1 aromatic carbocycles. The van der Waals surface area contributed by atoms with Gasteiger partial charge in [0.15, 0.2) is 0 Å². The van der Waals surface area contributed by atoms with Crippen LogP contribution in [0.2, 0.25) is 0 Å². The van der Waals surface area contributed by atoms with Crippen molar-refractivity contribution < 1.29 is 19.4 Å². The second-order valence-corrected chi connectivity index (χ2v) is 8.00. The summed E-state index contributed by atoms with van der Waals surface area (Å²) in [5.41, 5.74) is 1.15. The zero-order valence-corrected chi connectivity index (χ0v) is 17.9. The first-order valence-electron chi connectivity index (χ1n) is 10.9. The van der Waals surface area contributed by atoms with Gasteiger partial charge in [-0.25, -0.2) is 0 Å². The number of piperazine rings is 1.